The molecule has 4 nitrogen and oxygen atoms in total. The monoisotopic (exact) mass is 340 g/mol. The standard InChI is InChI=1S/C12H9IN2O2/c13-10-4-1-3-9(7-10)8-14-15-12(16)11-5-2-6-17-11/h1-8H,(H,15,16)/b14-8+. The summed E-state index contributed by atoms with van der Waals surface area (Å²) in [5.74, 6) is -0.123. The summed E-state index contributed by atoms with van der Waals surface area (Å²) in [5, 5.41) is 3.85. The van der Waals surface area contributed by atoms with Crippen molar-refractivity contribution in [1.29, 1.82) is 0 Å². The molecule has 1 aromatic heterocycles. The number of nitrogens with one attached hydrogen (secondary N) is 1. The van der Waals surface area contributed by atoms with Crippen molar-refractivity contribution in [2.75, 3.05) is 0 Å². The average molecular weight is 340 g/mol. The largest absolute Gasteiger partial charge is 0.459 e. The van der Waals surface area contributed by atoms with E-state index in [9.17, 15) is 4.79 Å². The summed E-state index contributed by atoms with van der Waals surface area (Å²) >= 11 is 2.22. The highest BCUT2D eigenvalue weighted by atomic mass is 127. The maximum Gasteiger partial charge on any atom is 0.307 e. The van der Waals surface area contributed by atoms with Gasteiger partial charge in [0.25, 0.3) is 0 Å². The van der Waals surface area contributed by atoms with Crippen LogP contribution in [0.25, 0.3) is 0 Å². The number of benzene rings is 1. The third-order valence-electron chi connectivity index (χ3n) is 1.97. The highest BCUT2D eigenvalue weighted by molar-refractivity contribution is 14.1. The lowest BCUT2D eigenvalue weighted by atomic mass is 10.2. The van der Waals surface area contributed by atoms with Crippen LogP contribution in [0, 0.1) is 3.57 Å². The first-order chi connectivity index (χ1) is 8.25. The lowest BCUT2D eigenvalue weighted by Crippen LogP contribution is -2.16. The first kappa shape index (κ1) is 11.8. The molecule has 0 atom stereocenters. The van der Waals surface area contributed by atoms with E-state index in [4.69, 9.17) is 4.42 Å². The van der Waals surface area contributed by atoms with Gasteiger partial charge >= 0.3 is 5.91 Å². The van der Waals surface area contributed by atoms with Crippen LogP contribution in [0.4, 0.5) is 0 Å². The van der Waals surface area contributed by atoms with Crippen molar-refractivity contribution in [2.24, 2.45) is 5.10 Å². The van der Waals surface area contributed by atoms with Gasteiger partial charge in [-0.2, -0.15) is 5.10 Å². The topological polar surface area (TPSA) is 54.6 Å². The Morgan fingerprint density at radius 3 is 2.94 bits per heavy atom. The molecule has 17 heavy (non-hydrogen) atoms. The molecule has 5 heteroatoms. The van der Waals surface area contributed by atoms with Crippen molar-refractivity contribution in [1.82, 2.24) is 5.43 Å². The Bertz CT molecular complexity index is 535. The van der Waals surface area contributed by atoms with E-state index in [2.05, 4.69) is 33.1 Å². The summed E-state index contributed by atoms with van der Waals surface area (Å²) in [6.07, 6.45) is 3.03. The summed E-state index contributed by atoms with van der Waals surface area (Å²) in [6, 6.07) is 11.0. The van der Waals surface area contributed by atoms with Crippen molar-refractivity contribution in [3.63, 3.8) is 0 Å². The number of carbonyl (C=O) groups excluding carboxylic acids is 1. The number of nitrogens with zero attached hydrogens (tertiary/aromatic N) is 1. The smallest absolute Gasteiger partial charge is 0.307 e. The minimum absolute atomic E-state index is 0.241. The fourth-order valence-corrected chi connectivity index (χ4v) is 1.78. The molecule has 0 aliphatic rings. The van der Waals surface area contributed by atoms with Crippen LogP contribution in [-0.2, 0) is 0 Å². The van der Waals surface area contributed by atoms with Crippen molar-refractivity contribution < 1.29 is 9.21 Å². The van der Waals surface area contributed by atoms with Gasteiger partial charge < -0.3 is 4.42 Å². The van der Waals surface area contributed by atoms with Gasteiger partial charge in [-0.3, -0.25) is 4.79 Å². The normalized spacial score (nSPS) is 10.6. The van der Waals surface area contributed by atoms with E-state index in [1.54, 1.807) is 18.3 Å². The van der Waals surface area contributed by atoms with Crippen LogP contribution < -0.4 is 5.43 Å². The Kier molecular flexibility index (Phi) is 3.92. The Balaban J connectivity index is 1.96. The molecule has 0 fully saturated rings. The highest BCUT2D eigenvalue weighted by Crippen LogP contribution is 2.05. The molecule has 0 unspecified atom stereocenters. The van der Waals surface area contributed by atoms with Crippen molar-refractivity contribution in [2.45, 2.75) is 0 Å². The number of halogens is 1. The average Bonchev–Trinajstić information content (AvgIpc) is 2.82. The lowest BCUT2D eigenvalue weighted by molar-refractivity contribution is 0.0927. The van der Waals surface area contributed by atoms with E-state index in [1.165, 1.54) is 6.26 Å². The third-order valence-corrected chi connectivity index (χ3v) is 2.64. The van der Waals surface area contributed by atoms with Gasteiger partial charge in [0.1, 0.15) is 0 Å². The first-order valence-electron chi connectivity index (χ1n) is 4.88. The Labute approximate surface area is 112 Å². The minimum Gasteiger partial charge on any atom is -0.459 e. The summed E-state index contributed by atoms with van der Waals surface area (Å²) < 4.78 is 6.04. The summed E-state index contributed by atoms with van der Waals surface area (Å²) in [7, 11) is 0. The van der Waals surface area contributed by atoms with Gasteiger partial charge in [-0.05, 0) is 52.4 Å². The number of hydrogen-bond acceptors (Lipinski definition) is 3. The van der Waals surface area contributed by atoms with Gasteiger partial charge in [0.2, 0.25) is 0 Å². The van der Waals surface area contributed by atoms with E-state index in [0.717, 1.165) is 9.13 Å². The Morgan fingerprint density at radius 1 is 1.35 bits per heavy atom. The number of rotatable bonds is 3. The second-order valence-corrected chi connectivity index (χ2v) is 4.48. The minimum atomic E-state index is -0.364. The van der Waals surface area contributed by atoms with Crippen LogP contribution in [0.5, 0.6) is 0 Å². The summed E-state index contributed by atoms with van der Waals surface area (Å²) in [4.78, 5) is 11.4. The van der Waals surface area contributed by atoms with Crippen molar-refractivity contribution in [3.8, 4) is 0 Å². The quantitative estimate of drug-likeness (QED) is 0.531. The molecule has 0 radical (unpaired) electrons. The molecule has 1 heterocycles. The molecule has 2 aromatic rings. The zero-order valence-electron chi connectivity index (χ0n) is 8.76. The fraction of sp³-hybridized carbons (Fsp3) is 0. The zero-order chi connectivity index (χ0) is 12.1. The lowest BCUT2D eigenvalue weighted by Gasteiger charge is -1.96. The highest BCUT2D eigenvalue weighted by Gasteiger charge is 2.05. The third kappa shape index (κ3) is 3.42. The maximum absolute atomic E-state index is 11.4. The number of furan rings is 1. The SMILES string of the molecule is O=C(N/N=C/c1cccc(I)c1)c1ccco1. The number of carbonyl (C=O) groups is 1. The maximum atomic E-state index is 11.4. The predicted molar refractivity (Wildman–Crippen MR) is 72.9 cm³/mol. The molecule has 0 saturated heterocycles. The molecule has 1 amide bonds. The number of hydrazone groups is 1. The van der Waals surface area contributed by atoms with Crippen LogP contribution in [0.15, 0.2) is 52.2 Å². The fourth-order valence-electron chi connectivity index (χ4n) is 1.22. The van der Waals surface area contributed by atoms with Gasteiger partial charge in [0, 0.05) is 3.57 Å². The van der Waals surface area contributed by atoms with Crippen LogP contribution >= 0.6 is 22.6 Å². The molecular formula is C12H9IN2O2. The zero-order valence-corrected chi connectivity index (χ0v) is 10.9. The number of hydrogen-bond donors (Lipinski definition) is 1. The molecular weight excluding hydrogens is 331 g/mol. The van der Waals surface area contributed by atoms with Gasteiger partial charge in [-0.15, -0.1) is 0 Å². The molecule has 0 saturated carbocycles. The van der Waals surface area contributed by atoms with E-state index in [1.807, 2.05) is 24.3 Å². The predicted octanol–water partition coefficient (Wildman–Crippen LogP) is 2.65. The van der Waals surface area contributed by atoms with E-state index < -0.39 is 0 Å². The van der Waals surface area contributed by atoms with Gasteiger partial charge in [0.15, 0.2) is 5.76 Å². The van der Waals surface area contributed by atoms with Crippen LogP contribution in [0.2, 0.25) is 0 Å². The Hall–Kier alpha value is -1.63. The Morgan fingerprint density at radius 2 is 2.24 bits per heavy atom. The summed E-state index contributed by atoms with van der Waals surface area (Å²) in [6.45, 7) is 0. The van der Waals surface area contributed by atoms with E-state index in [0.29, 0.717) is 0 Å². The van der Waals surface area contributed by atoms with Gasteiger partial charge in [-0.25, -0.2) is 5.43 Å². The first-order valence-corrected chi connectivity index (χ1v) is 5.96. The molecule has 86 valence electrons. The van der Waals surface area contributed by atoms with Crippen LogP contribution in [-0.4, -0.2) is 12.1 Å². The van der Waals surface area contributed by atoms with Crippen molar-refractivity contribution >= 4 is 34.7 Å². The van der Waals surface area contributed by atoms with Crippen molar-refractivity contribution in [3.05, 3.63) is 57.6 Å². The molecule has 2 rings (SSSR count). The number of amides is 1. The second kappa shape index (κ2) is 5.62. The second-order valence-electron chi connectivity index (χ2n) is 3.23. The molecule has 0 aliphatic carbocycles. The molecule has 0 bridgehead atoms. The van der Waals surface area contributed by atoms with Crippen LogP contribution in [0.1, 0.15) is 16.1 Å². The van der Waals surface area contributed by atoms with Gasteiger partial charge in [0.05, 0.1) is 12.5 Å². The van der Waals surface area contributed by atoms with Crippen LogP contribution in [0.3, 0.4) is 0 Å². The van der Waals surface area contributed by atoms with E-state index in [-0.39, 0.29) is 11.7 Å². The van der Waals surface area contributed by atoms with Gasteiger partial charge in [-0.1, -0.05) is 12.1 Å². The molecule has 1 aromatic carbocycles. The van der Waals surface area contributed by atoms with E-state index >= 15 is 0 Å². The molecule has 1 N–H and O–H groups in total. The molecule has 0 spiro atoms. The molecule has 0 aliphatic heterocycles. The summed E-state index contributed by atoms with van der Waals surface area (Å²) in [5.41, 5.74) is 3.31.